The molecule has 1 aromatic rings. The van der Waals surface area contributed by atoms with Gasteiger partial charge in [-0.1, -0.05) is 19.3 Å². The van der Waals surface area contributed by atoms with E-state index in [1.54, 1.807) is 12.3 Å². The molecule has 0 bridgehead atoms. The van der Waals surface area contributed by atoms with Crippen LogP contribution >= 0.6 is 24.0 Å². The first kappa shape index (κ1) is 18.1. The maximum Gasteiger partial charge on any atom is 0.191 e. The smallest absolute Gasteiger partial charge is 0.191 e. The number of nitrogens with one attached hydrogen (secondary N) is 2. The van der Waals surface area contributed by atoms with Crippen LogP contribution in [0.1, 0.15) is 44.7 Å². The van der Waals surface area contributed by atoms with Crippen LogP contribution in [0.3, 0.4) is 0 Å². The zero-order valence-corrected chi connectivity index (χ0v) is 14.8. The second-order valence-corrected chi connectivity index (χ2v) is 5.11. The fourth-order valence-corrected chi connectivity index (χ4v) is 2.45. The molecule has 0 amide bonds. The maximum absolute atomic E-state index is 13.5. The van der Waals surface area contributed by atoms with Crippen molar-refractivity contribution in [3.8, 4) is 0 Å². The highest BCUT2D eigenvalue weighted by atomic mass is 127. The molecule has 4 nitrogen and oxygen atoms in total. The Kier molecular flexibility index (Phi) is 8.56. The molecular formula is C15H24FIN4. The predicted molar refractivity (Wildman–Crippen MR) is 94.4 cm³/mol. The molecule has 0 saturated heterocycles. The Morgan fingerprint density at radius 3 is 2.81 bits per heavy atom. The summed E-state index contributed by atoms with van der Waals surface area (Å²) in [6.07, 6.45) is 7.82. The van der Waals surface area contributed by atoms with Gasteiger partial charge in [0.25, 0.3) is 0 Å². The van der Waals surface area contributed by atoms with Gasteiger partial charge in [0.05, 0.1) is 12.2 Å². The Balaban J connectivity index is 0.00000220. The molecule has 6 heteroatoms. The summed E-state index contributed by atoms with van der Waals surface area (Å²) in [5, 5.41) is 6.64. The van der Waals surface area contributed by atoms with Gasteiger partial charge in [-0.2, -0.15) is 0 Å². The quantitative estimate of drug-likeness (QED) is 0.459. The van der Waals surface area contributed by atoms with Crippen LogP contribution in [0.25, 0.3) is 0 Å². The first-order valence-corrected chi connectivity index (χ1v) is 7.44. The van der Waals surface area contributed by atoms with E-state index < -0.39 is 0 Å². The summed E-state index contributed by atoms with van der Waals surface area (Å²) < 4.78 is 13.5. The molecular weight excluding hydrogens is 382 g/mol. The highest BCUT2D eigenvalue weighted by Gasteiger charge is 2.14. The molecule has 1 saturated carbocycles. The summed E-state index contributed by atoms with van der Waals surface area (Å²) >= 11 is 0. The maximum atomic E-state index is 13.5. The van der Waals surface area contributed by atoms with Crippen molar-refractivity contribution in [1.82, 2.24) is 15.6 Å². The van der Waals surface area contributed by atoms with Gasteiger partial charge in [0.15, 0.2) is 5.96 Å². The Morgan fingerprint density at radius 2 is 2.14 bits per heavy atom. The first-order chi connectivity index (χ1) is 9.79. The average molecular weight is 406 g/mol. The SMILES string of the molecule is CCNC(=NCc1ncccc1F)NC1CCCCC1.I. The molecule has 0 radical (unpaired) electrons. The Labute approximate surface area is 143 Å². The minimum absolute atomic E-state index is 0. The van der Waals surface area contributed by atoms with E-state index in [1.807, 2.05) is 6.92 Å². The molecule has 0 aliphatic heterocycles. The van der Waals surface area contributed by atoms with Crippen molar-refractivity contribution in [2.45, 2.75) is 51.6 Å². The third-order valence-corrected chi connectivity index (χ3v) is 3.51. The normalized spacial score (nSPS) is 16.2. The van der Waals surface area contributed by atoms with Gasteiger partial charge < -0.3 is 10.6 Å². The molecule has 1 aliphatic rings. The van der Waals surface area contributed by atoms with Crippen LogP contribution < -0.4 is 10.6 Å². The van der Waals surface area contributed by atoms with Crippen LogP contribution in [0.2, 0.25) is 0 Å². The molecule has 1 fully saturated rings. The van der Waals surface area contributed by atoms with E-state index in [1.165, 1.54) is 38.2 Å². The van der Waals surface area contributed by atoms with Crippen molar-refractivity contribution in [1.29, 1.82) is 0 Å². The molecule has 118 valence electrons. The van der Waals surface area contributed by atoms with Crippen LogP contribution in [-0.4, -0.2) is 23.5 Å². The van der Waals surface area contributed by atoms with Crippen molar-refractivity contribution in [2.24, 2.45) is 4.99 Å². The summed E-state index contributed by atoms with van der Waals surface area (Å²) in [5.74, 6) is 0.453. The van der Waals surface area contributed by atoms with Gasteiger partial charge in [-0.05, 0) is 31.9 Å². The lowest BCUT2D eigenvalue weighted by Gasteiger charge is -2.24. The van der Waals surface area contributed by atoms with Gasteiger partial charge in [-0.15, -0.1) is 24.0 Å². The van der Waals surface area contributed by atoms with Crippen molar-refractivity contribution in [3.63, 3.8) is 0 Å². The van der Waals surface area contributed by atoms with Crippen LogP contribution in [0.5, 0.6) is 0 Å². The summed E-state index contributed by atoms with van der Waals surface area (Å²) in [4.78, 5) is 8.45. The van der Waals surface area contributed by atoms with Gasteiger partial charge in [0.2, 0.25) is 0 Å². The molecule has 0 aromatic carbocycles. The van der Waals surface area contributed by atoms with Gasteiger partial charge >= 0.3 is 0 Å². The van der Waals surface area contributed by atoms with E-state index in [0.717, 1.165) is 12.5 Å². The number of hydrogen-bond acceptors (Lipinski definition) is 2. The van der Waals surface area contributed by atoms with Crippen molar-refractivity contribution in [3.05, 3.63) is 29.8 Å². The number of halogens is 2. The largest absolute Gasteiger partial charge is 0.357 e. The molecule has 0 spiro atoms. The van der Waals surface area contributed by atoms with Gasteiger partial charge in [0, 0.05) is 18.8 Å². The molecule has 2 rings (SSSR count). The lowest BCUT2D eigenvalue weighted by atomic mass is 9.96. The first-order valence-electron chi connectivity index (χ1n) is 7.44. The van der Waals surface area contributed by atoms with Gasteiger partial charge in [0.1, 0.15) is 5.82 Å². The Hall–Kier alpha value is -0.920. The number of aromatic nitrogens is 1. The summed E-state index contributed by atoms with van der Waals surface area (Å²) in [6.45, 7) is 3.08. The zero-order chi connectivity index (χ0) is 14.2. The summed E-state index contributed by atoms with van der Waals surface area (Å²) in [6, 6.07) is 3.49. The van der Waals surface area contributed by atoms with Gasteiger partial charge in [-0.25, -0.2) is 9.38 Å². The van der Waals surface area contributed by atoms with E-state index in [-0.39, 0.29) is 36.3 Å². The molecule has 1 aromatic heterocycles. The lowest BCUT2D eigenvalue weighted by Crippen LogP contribution is -2.44. The second-order valence-electron chi connectivity index (χ2n) is 5.11. The second kappa shape index (κ2) is 9.92. The fraction of sp³-hybridized carbons (Fsp3) is 0.600. The number of hydrogen-bond donors (Lipinski definition) is 2. The third kappa shape index (κ3) is 6.15. The van der Waals surface area contributed by atoms with Crippen molar-refractivity contribution >= 4 is 29.9 Å². The monoisotopic (exact) mass is 406 g/mol. The molecule has 0 unspecified atom stereocenters. The number of pyridine rings is 1. The van der Waals surface area contributed by atoms with Gasteiger partial charge in [-0.3, -0.25) is 4.98 Å². The molecule has 21 heavy (non-hydrogen) atoms. The Bertz CT molecular complexity index is 447. The Morgan fingerprint density at radius 1 is 1.38 bits per heavy atom. The molecule has 2 N–H and O–H groups in total. The van der Waals surface area contributed by atoms with Crippen molar-refractivity contribution in [2.75, 3.05) is 6.54 Å². The molecule has 1 heterocycles. The van der Waals surface area contributed by atoms with Crippen molar-refractivity contribution < 1.29 is 4.39 Å². The van der Waals surface area contributed by atoms with Crippen LogP contribution in [0, 0.1) is 5.82 Å². The molecule has 0 atom stereocenters. The van der Waals surface area contributed by atoms with E-state index >= 15 is 0 Å². The van der Waals surface area contributed by atoms with E-state index in [9.17, 15) is 4.39 Å². The minimum atomic E-state index is -0.301. The average Bonchev–Trinajstić information content (AvgIpc) is 2.47. The van der Waals surface area contributed by atoms with Crippen LogP contribution in [0.15, 0.2) is 23.3 Å². The summed E-state index contributed by atoms with van der Waals surface area (Å²) in [7, 11) is 0. The summed E-state index contributed by atoms with van der Waals surface area (Å²) in [5.41, 5.74) is 0.383. The third-order valence-electron chi connectivity index (χ3n) is 3.51. The van der Waals surface area contributed by atoms with E-state index in [4.69, 9.17) is 0 Å². The number of guanidine groups is 1. The number of aliphatic imine (C=N–C) groups is 1. The predicted octanol–water partition coefficient (Wildman–Crippen LogP) is 3.23. The molecule has 1 aliphatic carbocycles. The van der Waals surface area contributed by atoms with E-state index in [0.29, 0.717) is 11.7 Å². The standard InChI is InChI=1S/C15H23FN4.HI/c1-2-17-15(20-12-7-4-3-5-8-12)19-11-14-13(16)9-6-10-18-14;/h6,9-10,12H,2-5,7-8,11H2,1H3,(H2,17,19,20);1H. The van der Waals surface area contributed by atoms with Crippen LogP contribution in [0.4, 0.5) is 4.39 Å². The lowest BCUT2D eigenvalue weighted by molar-refractivity contribution is 0.410. The minimum Gasteiger partial charge on any atom is -0.357 e. The fourth-order valence-electron chi connectivity index (χ4n) is 2.45. The van der Waals surface area contributed by atoms with Crippen LogP contribution in [-0.2, 0) is 6.54 Å². The zero-order valence-electron chi connectivity index (χ0n) is 12.4. The highest BCUT2D eigenvalue weighted by molar-refractivity contribution is 14.0. The van der Waals surface area contributed by atoms with E-state index in [2.05, 4.69) is 20.6 Å². The topological polar surface area (TPSA) is 49.3 Å². The number of rotatable bonds is 4. The highest BCUT2D eigenvalue weighted by Crippen LogP contribution is 2.17. The number of nitrogens with zero attached hydrogens (tertiary/aromatic N) is 2.